The highest BCUT2D eigenvalue weighted by atomic mass is 16.4. The van der Waals surface area contributed by atoms with Crippen LogP contribution in [-0.4, -0.2) is 27.2 Å². The Balaban J connectivity index is 1.88. The number of aromatic carboxylic acids is 1. The van der Waals surface area contributed by atoms with Crippen molar-refractivity contribution in [2.24, 2.45) is 5.92 Å². The summed E-state index contributed by atoms with van der Waals surface area (Å²) in [6.07, 6.45) is 9.28. The third kappa shape index (κ3) is 1.98. The molecule has 1 fully saturated rings. The van der Waals surface area contributed by atoms with E-state index in [1.54, 1.807) is 6.20 Å². The molecule has 0 saturated heterocycles. The lowest BCUT2D eigenvalue weighted by Crippen LogP contribution is -2.29. The molecule has 0 amide bonds. The largest absolute Gasteiger partial charge is 0.476 e. The normalized spacial score (nSPS) is 24.3. The van der Waals surface area contributed by atoms with Gasteiger partial charge in [0.2, 0.25) is 5.95 Å². The number of anilines is 1. The molecule has 98 valence electrons. The number of hydrogen-bond donors (Lipinski definition) is 2. The smallest absolute Gasteiger partial charge is 0.356 e. The topological polar surface area (TPSA) is 67.1 Å². The molecule has 2 heterocycles. The lowest BCUT2D eigenvalue weighted by Gasteiger charge is -2.34. The summed E-state index contributed by atoms with van der Waals surface area (Å²) in [5.41, 5.74) is 0.153. The Morgan fingerprint density at radius 1 is 1.33 bits per heavy atom. The van der Waals surface area contributed by atoms with Crippen molar-refractivity contribution in [3.63, 3.8) is 0 Å². The van der Waals surface area contributed by atoms with E-state index >= 15 is 0 Å². The third-order valence-corrected chi connectivity index (χ3v) is 4.23. The summed E-state index contributed by atoms with van der Waals surface area (Å²) >= 11 is 0. The van der Waals surface area contributed by atoms with Crippen LogP contribution < -0.4 is 5.32 Å². The first-order valence-corrected chi connectivity index (χ1v) is 6.82. The van der Waals surface area contributed by atoms with Gasteiger partial charge in [-0.25, -0.2) is 9.78 Å². The van der Waals surface area contributed by atoms with Gasteiger partial charge in [-0.05, 0) is 25.2 Å². The fourth-order valence-electron chi connectivity index (χ4n) is 3.33. The average molecular weight is 249 g/mol. The number of rotatable bonds is 2. The van der Waals surface area contributed by atoms with Crippen LogP contribution in [0.1, 0.15) is 55.1 Å². The fourth-order valence-corrected chi connectivity index (χ4v) is 3.33. The molecule has 0 radical (unpaired) electrons. The number of fused-ring (bicyclic) bond motifs is 1. The molecule has 1 aliphatic heterocycles. The van der Waals surface area contributed by atoms with Crippen molar-refractivity contribution in [2.45, 2.75) is 44.6 Å². The Labute approximate surface area is 106 Å². The molecule has 0 bridgehead atoms. The quantitative estimate of drug-likeness (QED) is 0.845. The van der Waals surface area contributed by atoms with E-state index in [9.17, 15) is 4.79 Å². The molecule has 1 aliphatic carbocycles. The van der Waals surface area contributed by atoms with Crippen molar-refractivity contribution >= 4 is 11.9 Å². The fraction of sp³-hybridized carbons (Fsp3) is 0.692. The number of hydrogen-bond acceptors (Lipinski definition) is 3. The van der Waals surface area contributed by atoms with Crippen LogP contribution in [0.4, 0.5) is 5.95 Å². The van der Waals surface area contributed by atoms with Crippen LogP contribution in [0, 0.1) is 5.92 Å². The number of nitrogens with zero attached hydrogens (tertiary/aromatic N) is 2. The van der Waals surface area contributed by atoms with Crippen molar-refractivity contribution in [1.82, 2.24) is 9.55 Å². The molecule has 3 rings (SSSR count). The summed E-state index contributed by atoms with van der Waals surface area (Å²) < 4.78 is 2.06. The zero-order chi connectivity index (χ0) is 12.5. The van der Waals surface area contributed by atoms with Crippen LogP contribution in [0.15, 0.2) is 6.20 Å². The number of carboxylic acids is 1. The SMILES string of the molecule is O=C(O)c1cn2c(n1)NCCC2C1CCCCC1. The molecule has 1 atom stereocenters. The molecule has 5 heteroatoms. The van der Waals surface area contributed by atoms with Gasteiger partial charge in [0.05, 0.1) is 0 Å². The van der Waals surface area contributed by atoms with Gasteiger partial charge in [-0.15, -0.1) is 0 Å². The Hall–Kier alpha value is -1.52. The minimum absolute atomic E-state index is 0.153. The van der Waals surface area contributed by atoms with Gasteiger partial charge in [0, 0.05) is 18.8 Å². The Kier molecular flexibility index (Phi) is 2.97. The lowest BCUT2D eigenvalue weighted by molar-refractivity contribution is 0.0691. The standard InChI is InChI=1S/C13H19N3O2/c17-12(18)10-8-16-11(6-7-14-13(16)15-10)9-4-2-1-3-5-9/h8-9,11H,1-7H2,(H,14,15)(H,17,18). The average Bonchev–Trinajstić information content (AvgIpc) is 2.83. The van der Waals surface area contributed by atoms with E-state index in [1.165, 1.54) is 32.1 Å². The highest BCUT2D eigenvalue weighted by Crippen LogP contribution is 2.38. The minimum atomic E-state index is -0.943. The lowest BCUT2D eigenvalue weighted by atomic mass is 9.82. The Morgan fingerprint density at radius 3 is 2.83 bits per heavy atom. The van der Waals surface area contributed by atoms with E-state index in [4.69, 9.17) is 5.11 Å². The maximum atomic E-state index is 11.0. The van der Waals surface area contributed by atoms with Gasteiger partial charge in [0.15, 0.2) is 5.69 Å². The zero-order valence-electron chi connectivity index (χ0n) is 10.4. The molecule has 1 unspecified atom stereocenters. The monoisotopic (exact) mass is 249 g/mol. The van der Waals surface area contributed by atoms with E-state index in [1.807, 2.05) is 0 Å². The van der Waals surface area contributed by atoms with Crippen molar-refractivity contribution in [2.75, 3.05) is 11.9 Å². The minimum Gasteiger partial charge on any atom is -0.476 e. The van der Waals surface area contributed by atoms with Crippen molar-refractivity contribution < 1.29 is 9.90 Å². The van der Waals surface area contributed by atoms with Crippen LogP contribution in [0.5, 0.6) is 0 Å². The van der Waals surface area contributed by atoms with Crippen LogP contribution in [0.3, 0.4) is 0 Å². The van der Waals surface area contributed by atoms with Crippen LogP contribution in [0.2, 0.25) is 0 Å². The maximum Gasteiger partial charge on any atom is 0.356 e. The van der Waals surface area contributed by atoms with E-state index in [0.717, 1.165) is 18.9 Å². The number of carbonyl (C=O) groups is 1. The summed E-state index contributed by atoms with van der Waals surface area (Å²) in [5.74, 6) is 0.478. The second kappa shape index (κ2) is 4.63. The van der Waals surface area contributed by atoms with Gasteiger partial charge in [0.1, 0.15) is 0 Å². The molecular formula is C13H19N3O2. The molecule has 1 aromatic heterocycles. The molecule has 1 saturated carbocycles. The van der Waals surface area contributed by atoms with Gasteiger partial charge < -0.3 is 15.0 Å². The number of imidazole rings is 1. The van der Waals surface area contributed by atoms with E-state index in [2.05, 4.69) is 14.9 Å². The maximum absolute atomic E-state index is 11.0. The molecular weight excluding hydrogens is 230 g/mol. The summed E-state index contributed by atoms with van der Waals surface area (Å²) in [7, 11) is 0. The second-order valence-electron chi connectivity index (χ2n) is 5.34. The van der Waals surface area contributed by atoms with Gasteiger partial charge in [0.25, 0.3) is 0 Å². The molecule has 5 nitrogen and oxygen atoms in total. The first-order valence-electron chi connectivity index (χ1n) is 6.82. The molecule has 1 aromatic rings. The summed E-state index contributed by atoms with van der Waals surface area (Å²) in [6.45, 7) is 0.900. The molecule has 0 spiro atoms. The van der Waals surface area contributed by atoms with Crippen molar-refractivity contribution in [3.8, 4) is 0 Å². The van der Waals surface area contributed by atoms with E-state index in [0.29, 0.717) is 12.0 Å². The first kappa shape index (κ1) is 11.6. The van der Waals surface area contributed by atoms with Gasteiger partial charge in [-0.2, -0.15) is 0 Å². The summed E-state index contributed by atoms with van der Waals surface area (Å²) in [4.78, 5) is 15.1. The van der Waals surface area contributed by atoms with Crippen LogP contribution >= 0.6 is 0 Å². The molecule has 2 N–H and O–H groups in total. The summed E-state index contributed by atoms with van der Waals surface area (Å²) in [6, 6.07) is 0.433. The number of nitrogens with one attached hydrogen (secondary N) is 1. The predicted molar refractivity (Wildman–Crippen MR) is 67.9 cm³/mol. The second-order valence-corrected chi connectivity index (χ2v) is 5.34. The number of carboxylic acid groups (broad SMARTS) is 1. The third-order valence-electron chi connectivity index (χ3n) is 4.23. The summed E-state index contributed by atoms with van der Waals surface area (Å²) in [5, 5.41) is 12.2. The van der Waals surface area contributed by atoms with Crippen LogP contribution in [0.25, 0.3) is 0 Å². The highest BCUT2D eigenvalue weighted by Gasteiger charge is 2.30. The van der Waals surface area contributed by atoms with Crippen LogP contribution in [-0.2, 0) is 0 Å². The molecule has 18 heavy (non-hydrogen) atoms. The molecule has 2 aliphatic rings. The Bertz CT molecular complexity index is 449. The first-order chi connectivity index (χ1) is 8.75. The van der Waals surface area contributed by atoms with Crippen molar-refractivity contribution in [1.29, 1.82) is 0 Å². The van der Waals surface area contributed by atoms with E-state index < -0.39 is 5.97 Å². The number of aromatic nitrogens is 2. The van der Waals surface area contributed by atoms with E-state index in [-0.39, 0.29) is 5.69 Å². The molecule has 0 aromatic carbocycles. The van der Waals surface area contributed by atoms with Crippen molar-refractivity contribution in [3.05, 3.63) is 11.9 Å². The Morgan fingerprint density at radius 2 is 2.11 bits per heavy atom. The predicted octanol–water partition coefficient (Wildman–Crippen LogP) is 2.52. The highest BCUT2D eigenvalue weighted by molar-refractivity contribution is 5.85. The zero-order valence-corrected chi connectivity index (χ0v) is 10.4. The van der Waals surface area contributed by atoms with Gasteiger partial charge >= 0.3 is 5.97 Å². The van der Waals surface area contributed by atoms with Gasteiger partial charge in [-0.3, -0.25) is 0 Å². The van der Waals surface area contributed by atoms with Gasteiger partial charge in [-0.1, -0.05) is 19.3 Å².